The number of ether oxygens (including phenoxy) is 2. The van der Waals surface area contributed by atoms with Crippen LogP contribution in [0.4, 0.5) is 0 Å². The molecule has 2 aromatic carbocycles. The van der Waals surface area contributed by atoms with Crippen LogP contribution in [0.1, 0.15) is 26.3 Å². The van der Waals surface area contributed by atoms with E-state index in [0.717, 1.165) is 5.56 Å². The largest absolute Gasteiger partial charge is 0.492 e. The van der Waals surface area contributed by atoms with E-state index in [1.807, 2.05) is 19.9 Å². The standard InChI is InChI=1S/C18H19BrO5S/c1-4-22-14-9-8-13(19)10-16(14)25(20,21)24-15-7-5-6-12-11-18(2,3)23-17(12)15/h5-10H,4,11H2,1-3H3. The van der Waals surface area contributed by atoms with E-state index < -0.39 is 15.7 Å². The van der Waals surface area contributed by atoms with Gasteiger partial charge in [0.2, 0.25) is 0 Å². The third-order valence-corrected chi connectivity index (χ3v) is 5.48. The van der Waals surface area contributed by atoms with Crippen LogP contribution in [0.25, 0.3) is 0 Å². The summed E-state index contributed by atoms with van der Waals surface area (Å²) in [5.74, 6) is 0.911. The highest BCUT2D eigenvalue weighted by Gasteiger charge is 2.34. The molecule has 0 amide bonds. The third kappa shape index (κ3) is 3.77. The molecule has 0 atom stereocenters. The Balaban J connectivity index is 2.00. The molecule has 7 heteroatoms. The summed E-state index contributed by atoms with van der Waals surface area (Å²) in [6.07, 6.45) is 0.695. The monoisotopic (exact) mass is 426 g/mol. The topological polar surface area (TPSA) is 61.8 Å². The summed E-state index contributed by atoms with van der Waals surface area (Å²) in [6.45, 7) is 6.04. The number of fused-ring (bicyclic) bond motifs is 1. The molecule has 0 spiro atoms. The lowest BCUT2D eigenvalue weighted by atomic mass is 10.0. The summed E-state index contributed by atoms with van der Waals surface area (Å²) in [6, 6.07) is 10.0. The van der Waals surface area contributed by atoms with Gasteiger partial charge >= 0.3 is 10.1 Å². The molecule has 3 rings (SSSR count). The zero-order chi connectivity index (χ0) is 18.2. The van der Waals surface area contributed by atoms with Crippen molar-refractivity contribution in [1.29, 1.82) is 0 Å². The molecule has 1 aliphatic heterocycles. The Labute approximate surface area is 156 Å². The molecular formula is C18H19BrO5S. The van der Waals surface area contributed by atoms with Crippen molar-refractivity contribution in [3.8, 4) is 17.2 Å². The van der Waals surface area contributed by atoms with E-state index in [-0.39, 0.29) is 16.4 Å². The number of hydrogen-bond donors (Lipinski definition) is 0. The van der Waals surface area contributed by atoms with E-state index >= 15 is 0 Å². The molecule has 134 valence electrons. The fourth-order valence-corrected chi connectivity index (χ4v) is 4.38. The van der Waals surface area contributed by atoms with Gasteiger partial charge in [-0.15, -0.1) is 0 Å². The van der Waals surface area contributed by atoms with Crippen molar-refractivity contribution in [2.24, 2.45) is 0 Å². The predicted octanol–water partition coefficient (Wildman–Crippen LogP) is 4.33. The van der Waals surface area contributed by atoms with E-state index in [9.17, 15) is 8.42 Å². The summed E-state index contributed by atoms with van der Waals surface area (Å²) >= 11 is 3.29. The minimum Gasteiger partial charge on any atom is -0.492 e. The molecule has 0 radical (unpaired) electrons. The Kier molecular flexibility index (Phi) is 4.72. The van der Waals surface area contributed by atoms with Gasteiger partial charge in [0.05, 0.1) is 6.61 Å². The molecule has 0 unspecified atom stereocenters. The van der Waals surface area contributed by atoms with E-state index in [1.54, 1.807) is 31.2 Å². The van der Waals surface area contributed by atoms with Gasteiger partial charge in [0.25, 0.3) is 0 Å². The molecule has 5 nitrogen and oxygen atoms in total. The van der Waals surface area contributed by atoms with Crippen LogP contribution in [0, 0.1) is 0 Å². The van der Waals surface area contributed by atoms with Crippen LogP contribution in [0.2, 0.25) is 0 Å². The van der Waals surface area contributed by atoms with Crippen LogP contribution < -0.4 is 13.7 Å². The first-order chi connectivity index (χ1) is 11.7. The van der Waals surface area contributed by atoms with Crippen molar-refractivity contribution in [2.75, 3.05) is 6.61 Å². The Hall–Kier alpha value is -1.73. The molecule has 0 aliphatic carbocycles. The van der Waals surface area contributed by atoms with Crippen LogP contribution in [0.3, 0.4) is 0 Å². The Morgan fingerprint density at radius 1 is 1.20 bits per heavy atom. The smallest absolute Gasteiger partial charge is 0.343 e. The van der Waals surface area contributed by atoms with Gasteiger partial charge in [-0.3, -0.25) is 0 Å². The van der Waals surface area contributed by atoms with Crippen LogP contribution >= 0.6 is 15.9 Å². The maximum atomic E-state index is 12.8. The van der Waals surface area contributed by atoms with Crippen molar-refractivity contribution >= 4 is 26.0 Å². The molecule has 0 fully saturated rings. The van der Waals surface area contributed by atoms with Gasteiger partial charge in [-0.1, -0.05) is 28.1 Å². The van der Waals surface area contributed by atoms with Gasteiger partial charge in [-0.05, 0) is 45.0 Å². The molecule has 25 heavy (non-hydrogen) atoms. The zero-order valence-corrected chi connectivity index (χ0v) is 16.6. The minimum atomic E-state index is -4.08. The fraction of sp³-hybridized carbons (Fsp3) is 0.333. The fourth-order valence-electron chi connectivity index (χ4n) is 2.77. The Morgan fingerprint density at radius 2 is 1.96 bits per heavy atom. The van der Waals surface area contributed by atoms with Crippen molar-refractivity contribution < 1.29 is 22.1 Å². The van der Waals surface area contributed by atoms with Gasteiger partial charge in [-0.25, -0.2) is 0 Å². The van der Waals surface area contributed by atoms with Gasteiger partial charge in [0.1, 0.15) is 16.2 Å². The highest BCUT2D eigenvalue weighted by molar-refractivity contribution is 9.10. The van der Waals surface area contributed by atoms with Crippen molar-refractivity contribution in [2.45, 2.75) is 37.7 Å². The second-order valence-corrected chi connectivity index (χ2v) is 8.77. The second-order valence-electron chi connectivity index (χ2n) is 6.34. The second kappa shape index (κ2) is 6.53. The summed E-state index contributed by atoms with van der Waals surface area (Å²) < 4.78 is 43.0. The van der Waals surface area contributed by atoms with Gasteiger partial charge in [-0.2, -0.15) is 8.42 Å². The SMILES string of the molecule is CCOc1ccc(Br)cc1S(=O)(=O)Oc1cccc2c1OC(C)(C)C2. The first kappa shape index (κ1) is 18.1. The average Bonchev–Trinajstić information content (AvgIpc) is 2.84. The molecule has 0 bridgehead atoms. The van der Waals surface area contributed by atoms with Crippen molar-refractivity contribution in [3.63, 3.8) is 0 Å². The molecule has 1 aliphatic rings. The maximum Gasteiger partial charge on any atom is 0.343 e. The minimum absolute atomic E-state index is 0.0291. The van der Waals surface area contributed by atoms with Crippen LogP contribution in [-0.2, 0) is 16.5 Å². The molecule has 1 heterocycles. The molecule has 0 N–H and O–H groups in total. The normalized spacial score (nSPS) is 15.4. The Bertz CT molecular complexity index is 906. The Morgan fingerprint density at radius 3 is 2.68 bits per heavy atom. The zero-order valence-electron chi connectivity index (χ0n) is 14.2. The van der Waals surface area contributed by atoms with E-state index in [0.29, 0.717) is 23.2 Å². The average molecular weight is 427 g/mol. The summed E-state index contributed by atoms with van der Waals surface area (Å²) in [5.41, 5.74) is 0.537. The van der Waals surface area contributed by atoms with Gasteiger partial charge < -0.3 is 13.7 Å². The number of para-hydroxylation sites is 1. The molecular weight excluding hydrogens is 408 g/mol. The van der Waals surface area contributed by atoms with Crippen LogP contribution in [0.5, 0.6) is 17.2 Å². The van der Waals surface area contributed by atoms with Crippen molar-refractivity contribution in [1.82, 2.24) is 0 Å². The van der Waals surface area contributed by atoms with Gasteiger partial charge in [0, 0.05) is 16.5 Å². The quantitative estimate of drug-likeness (QED) is 0.665. The first-order valence-electron chi connectivity index (χ1n) is 7.89. The van der Waals surface area contributed by atoms with E-state index in [4.69, 9.17) is 13.7 Å². The summed E-state index contributed by atoms with van der Waals surface area (Å²) in [4.78, 5) is -0.0291. The highest BCUT2D eigenvalue weighted by atomic mass is 79.9. The third-order valence-electron chi connectivity index (χ3n) is 3.73. The lowest BCUT2D eigenvalue weighted by molar-refractivity contribution is 0.136. The van der Waals surface area contributed by atoms with Crippen LogP contribution in [0.15, 0.2) is 45.8 Å². The maximum absolute atomic E-state index is 12.8. The number of benzene rings is 2. The lowest BCUT2D eigenvalue weighted by Crippen LogP contribution is -2.24. The van der Waals surface area contributed by atoms with Crippen LogP contribution in [-0.4, -0.2) is 20.6 Å². The summed E-state index contributed by atoms with van der Waals surface area (Å²) in [5, 5.41) is 0. The number of halogens is 1. The highest BCUT2D eigenvalue weighted by Crippen LogP contribution is 2.43. The molecule has 2 aromatic rings. The van der Waals surface area contributed by atoms with Crippen molar-refractivity contribution in [3.05, 3.63) is 46.4 Å². The lowest BCUT2D eigenvalue weighted by Gasteiger charge is -2.18. The number of hydrogen-bond acceptors (Lipinski definition) is 5. The number of rotatable bonds is 5. The molecule has 0 saturated heterocycles. The molecule has 0 aromatic heterocycles. The predicted molar refractivity (Wildman–Crippen MR) is 98.0 cm³/mol. The summed E-state index contributed by atoms with van der Waals surface area (Å²) in [7, 11) is -4.08. The van der Waals surface area contributed by atoms with E-state index in [2.05, 4.69) is 15.9 Å². The first-order valence-corrected chi connectivity index (χ1v) is 10.1. The van der Waals surface area contributed by atoms with E-state index in [1.165, 1.54) is 6.07 Å². The van der Waals surface area contributed by atoms with Gasteiger partial charge in [0.15, 0.2) is 11.5 Å². The molecule has 0 saturated carbocycles.